The SMILES string of the molecule is CCCCC\C=C/C=C\C=C/C=C\CCCCCCCC(=O)OCC(COC(=O)CCCCC/C=C\CCCCCCCCC)OC(=O)CCCCCCCCC/C=C\C/C=C\CCCCC. The summed E-state index contributed by atoms with van der Waals surface area (Å²) in [5.74, 6) is -0.937. The molecule has 67 heavy (non-hydrogen) atoms. The van der Waals surface area contributed by atoms with E-state index < -0.39 is 6.10 Å². The molecule has 6 heteroatoms. The zero-order valence-electron chi connectivity index (χ0n) is 43.9. The molecule has 0 rings (SSSR count). The molecule has 0 aromatic heterocycles. The first-order valence-electron chi connectivity index (χ1n) is 28.1. The lowest BCUT2D eigenvalue weighted by molar-refractivity contribution is -0.167. The first kappa shape index (κ1) is 63.6. The minimum absolute atomic E-state index is 0.0956. The number of rotatable bonds is 50. The highest BCUT2D eigenvalue weighted by Gasteiger charge is 2.19. The fourth-order valence-electron chi connectivity index (χ4n) is 7.65. The van der Waals surface area contributed by atoms with Crippen molar-refractivity contribution in [3.63, 3.8) is 0 Å². The fraction of sp³-hybridized carbons (Fsp3) is 0.721. The maximum absolute atomic E-state index is 12.8. The summed E-state index contributed by atoms with van der Waals surface area (Å²) >= 11 is 0. The van der Waals surface area contributed by atoms with Crippen molar-refractivity contribution >= 4 is 17.9 Å². The van der Waals surface area contributed by atoms with E-state index in [1.807, 2.05) is 0 Å². The van der Waals surface area contributed by atoms with E-state index in [-0.39, 0.29) is 31.1 Å². The molecule has 0 aromatic rings. The normalized spacial score (nSPS) is 12.7. The minimum atomic E-state index is -0.797. The van der Waals surface area contributed by atoms with E-state index in [4.69, 9.17) is 14.2 Å². The highest BCUT2D eigenvalue weighted by atomic mass is 16.6. The molecule has 0 aliphatic carbocycles. The lowest BCUT2D eigenvalue weighted by Gasteiger charge is -2.18. The topological polar surface area (TPSA) is 78.9 Å². The Balaban J connectivity index is 4.47. The summed E-state index contributed by atoms with van der Waals surface area (Å²) in [6, 6.07) is 0. The number of ether oxygens (including phenoxy) is 3. The first-order chi connectivity index (χ1) is 33.0. The second-order valence-electron chi connectivity index (χ2n) is 18.6. The molecule has 0 saturated carbocycles. The summed E-state index contributed by atoms with van der Waals surface area (Å²) in [5, 5.41) is 0. The largest absolute Gasteiger partial charge is 0.462 e. The van der Waals surface area contributed by atoms with Gasteiger partial charge in [0.1, 0.15) is 13.2 Å². The van der Waals surface area contributed by atoms with Gasteiger partial charge in [0.15, 0.2) is 6.10 Å². The molecule has 0 heterocycles. The summed E-state index contributed by atoms with van der Waals surface area (Å²) in [7, 11) is 0. The van der Waals surface area contributed by atoms with E-state index in [1.54, 1.807) is 0 Å². The van der Waals surface area contributed by atoms with Gasteiger partial charge in [0.05, 0.1) is 0 Å². The van der Waals surface area contributed by atoms with Crippen LogP contribution in [0.1, 0.15) is 265 Å². The number of carbonyl (C=O) groups is 3. The highest BCUT2D eigenvalue weighted by molar-refractivity contribution is 5.71. The standard InChI is InChI=1S/C61H104O6/c1-4-7-10-13-16-19-22-25-28-30-32-33-36-39-42-45-48-51-54-60(63)66-57-58(56-65-59(62)53-50-47-44-41-38-35-27-24-21-18-15-12-9-6-3)67-61(64)55-52-49-46-43-40-37-34-31-29-26-23-20-17-14-11-8-5-2/h16-17,19-20,22,25-26,28-30,32-33,35,38,58H,4-15,18,21,23-24,27,31,34,36-37,39-57H2,1-3H3/b19-16-,20-17-,25-22-,29-26-,30-28-,33-32-,38-35-. The van der Waals surface area contributed by atoms with Gasteiger partial charge in [-0.3, -0.25) is 14.4 Å². The summed E-state index contributed by atoms with van der Waals surface area (Å²) in [6.07, 6.45) is 71.3. The molecule has 0 bridgehead atoms. The molecule has 1 unspecified atom stereocenters. The first-order valence-corrected chi connectivity index (χ1v) is 28.1. The summed E-state index contributed by atoms with van der Waals surface area (Å²) in [6.45, 7) is 6.54. The Labute approximate surface area is 414 Å². The highest BCUT2D eigenvalue weighted by Crippen LogP contribution is 2.14. The van der Waals surface area contributed by atoms with E-state index in [2.05, 4.69) is 106 Å². The van der Waals surface area contributed by atoms with E-state index in [0.29, 0.717) is 19.3 Å². The summed E-state index contributed by atoms with van der Waals surface area (Å²) in [4.78, 5) is 38.1. The fourth-order valence-corrected chi connectivity index (χ4v) is 7.65. The molecule has 0 N–H and O–H groups in total. The Morgan fingerprint density at radius 3 is 1.01 bits per heavy atom. The van der Waals surface area contributed by atoms with Crippen molar-refractivity contribution in [1.29, 1.82) is 0 Å². The van der Waals surface area contributed by atoms with E-state index in [0.717, 1.165) is 109 Å². The monoisotopic (exact) mass is 933 g/mol. The molecule has 0 spiro atoms. The molecular formula is C61H104O6. The maximum Gasteiger partial charge on any atom is 0.306 e. The second-order valence-corrected chi connectivity index (χ2v) is 18.6. The van der Waals surface area contributed by atoms with Crippen molar-refractivity contribution in [1.82, 2.24) is 0 Å². The molecule has 0 saturated heterocycles. The van der Waals surface area contributed by atoms with Crippen LogP contribution in [0.15, 0.2) is 85.1 Å². The van der Waals surface area contributed by atoms with Crippen molar-refractivity contribution < 1.29 is 28.6 Å². The molecule has 1 atom stereocenters. The molecule has 0 aliphatic rings. The van der Waals surface area contributed by atoms with Gasteiger partial charge in [0.25, 0.3) is 0 Å². The zero-order chi connectivity index (χ0) is 48.6. The number of hydrogen-bond donors (Lipinski definition) is 0. The molecule has 0 amide bonds. The van der Waals surface area contributed by atoms with Gasteiger partial charge in [0.2, 0.25) is 0 Å². The molecule has 384 valence electrons. The quantitative estimate of drug-likeness (QED) is 0.0199. The Morgan fingerprint density at radius 1 is 0.313 bits per heavy atom. The third-order valence-electron chi connectivity index (χ3n) is 11.9. The van der Waals surface area contributed by atoms with Crippen molar-refractivity contribution in [2.45, 2.75) is 271 Å². The lowest BCUT2D eigenvalue weighted by atomic mass is 10.1. The van der Waals surface area contributed by atoms with Crippen LogP contribution in [0.3, 0.4) is 0 Å². The maximum atomic E-state index is 12.8. The minimum Gasteiger partial charge on any atom is -0.462 e. The average Bonchev–Trinajstić information content (AvgIpc) is 3.33. The van der Waals surface area contributed by atoms with Crippen molar-refractivity contribution in [2.75, 3.05) is 13.2 Å². The zero-order valence-corrected chi connectivity index (χ0v) is 43.9. The summed E-state index contributed by atoms with van der Waals surface area (Å²) in [5.41, 5.74) is 0. The number of hydrogen-bond acceptors (Lipinski definition) is 6. The Kier molecular flexibility index (Phi) is 52.4. The smallest absolute Gasteiger partial charge is 0.306 e. The van der Waals surface area contributed by atoms with Gasteiger partial charge in [-0.2, -0.15) is 0 Å². The van der Waals surface area contributed by atoms with Crippen LogP contribution in [-0.4, -0.2) is 37.2 Å². The van der Waals surface area contributed by atoms with Crippen molar-refractivity contribution in [3.05, 3.63) is 85.1 Å². The van der Waals surface area contributed by atoms with Crippen LogP contribution < -0.4 is 0 Å². The van der Waals surface area contributed by atoms with Crippen molar-refractivity contribution in [2.24, 2.45) is 0 Å². The van der Waals surface area contributed by atoms with Gasteiger partial charge >= 0.3 is 17.9 Å². The van der Waals surface area contributed by atoms with E-state index in [1.165, 1.54) is 116 Å². The van der Waals surface area contributed by atoms with E-state index in [9.17, 15) is 14.4 Å². The Bertz CT molecular complexity index is 1300. The molecular weight excluding hydrogens is 829 g/mol. The third-order valence-corrected chi connectivity index (χ3v) is 11.9. The van der Waals surface area contributed by atoms with Crippen LogP contribution in [0.5, 0.6) is 0 Å². The predicted octanol–water partition coefficient (Wildman–Crippen LogP) is 18.8. The van der Waals surface area contributed by atoms with Crippen LogP contribution in [0.4, 0.5) is 0 Å². The predicted molar refractivity (Wildman–Crippen MR) is 288 cm³/mol. The molecule has 0 fully saturated rings. The number of unbranched alkanes of at least 4 members (excludes halogenated alkanes) is 28. The molecule has 0 aliphatic heterocycles. The van der Waals surface area contributed by atoms with E-state index >= 15 is 0 Å². The van der Waals surface area contributed by atoms with Crippen LogP contribution in [0.2, 0.25) is 0 Å². The van der Waals surface area contributed by atoms with Crippen LogP contribution in [-0.2, 0) is 28.6 Å². The van der Waals surface area contributed by atoms with Gasteiger partial charge in [-0.1, -0.05) is 228 Å². The van der Waals surface area contributed by atoms with Crippen LogP contribution in [0, 0.1) is 0 Å². The molecule has 0 radical (unpaired) electrons. The van der Waals surface area contributed by atoms with Gasteiger partial charge in [0, 0.05) is 19.3 Å². The Morgan fingerprint density at radius 2 is 0.597 bits per heavy atom. The second kappa shape index (κ2) is 55.2. The van der Waals surface area contributed by atoms with Gasteiger partial charge in [-0.15, -0.1) is 0 Å². The molecule has 6 nitrogen and oxygen atoms in total. The van der Waals surface area contributed by atoms with Crippen LogP contribution >= 0.6 is 0 Å². The third kappa shape index (κ3) is 53.4. The number of carbonyl (C=O) groups excluding carboxylic acids is 3. The number of allylic oxidation sites excluding steroid dienone is 14. The molecule has 0 aromatic carbocycles. The van der Waals surface area contributed by atoms with Gasteiger partial charge in [-0.25, -0.2) is 0 Å². The lowest BCUT2D eigenvalue weighted by Crippen LogP contribution is -2.30. The van der Waals surface area contributed by atoms with Crippen molar-refractivity contribution in [3.8, 4) is 0 Å². The summed E-state index contributed by atoms with van der Waals surface area (Å²) < 4.78 is 16.8. The average molecular weight is 933 g/mol. The number of esters is 3. The van der Waals surface area contributed by atoms with Gasteiger partial charge < -0.3 is 14.2 Å². The Hall–Kier alpha value is -3.41. The van der Waals surface area contributed by atoms with Crippen LogP contribution in [0.25, 0.3) is 0 Å². The van der Waals surface area contributed by atoms with Gasteiger partial charge in [-0.05, 0) is 103 Å².